The zero-order chi connectivity index (χ0) is 5.98. The van der Waals surface area contributed by atoms with Gasteiger partial charge < -0.3 is 10.1 Å². The maximum Gasteiger partial charge on any atom is 0.342 e. The number of H-pyrrole nitrogens is 1. The van der Waals surface area contributed by atoms with Crippen molar-refractivity contribution in [1.82, 2.24) is 10.2 Å². The second kappa shape index (κ2) is 2.81. The predicted octanol–water partition coefficient (Wildman–Crippen LogP) is 0.954. The predicted molar refractivity (Wildman–Crippen MR) is 32.0 cm³/mol. The molecule has 0 aromatic carbocycles. The lowest BCUT2D eigenvalue weighted by atomic mass is 10.7. The molecule has 0 saturated heterocycles. The van der Waals surface area contributed by atoms with Crippen LogP contribution >= 0.6 is 0 Å². The summed E-state index contributed by atoms with van der Waals surface area (Å²) < 4.78 is 0. The zero-order valence-corrected chi connectivity index (χ0v) is 3.87. The molecule has 50 valence electrons. The summed E-state index contributed by atoms with van der Waals surface area (Å²) in [7, 11) is 0. The number of nitrogens with one attached hydrogen (secondary N) is 1. The van der Waals surface area contributed by atoms with Gasteiger partial charge >= 0.3 is 5.82 Å². The molecule has 0 unspecified atom stereocenters. The minimum atomic E-state index is -0.535. The van der Waals surface area contributed by atoms with Crippen molar-refractivity contribution in [3.05, 3.63) is 22.4 Å². The number of hydrogen-bond acceptors (Lipinski definition) is 3. The van der Waals surface area contributed by atoms with E-state index in [2.05, 4.69) is 10.2 Å². The van der Waals surface area contributed by atoms with Gasteiger partial charge in [-0.2, -0.15) is 0 Å². The van der Waals surface area contributed by atoms with Gasteiger partial charge in [-0.05, 0) is 4.92 Å². The van der Waals surface area contributed by atoms with Crippen LogP contribution in [0.2, 0.25) is 0 Å². The Bertz CT molecular complexity index is 182. The number of nitro groups is 1. The highest BCUT2D eigenvalue weighted by atomic mass is 16.6. The van der Waals surface area contributed by atoms with E-state index in [1.165, 1.54) is 12.3 Å². The first-order valence-corrected chi connectivity index (χ1v) is 1.94. The Morgan fingerprint density at radius 1 is 1.78 bits per heavy atom. The molecule has 0 aliphatic carbocycles. The van der Waals surface area contributed by atoms with Crippen LogP contribution < -0.4 is 0 Å². The fourth-order valence-electron chi connectivity index (χ4n) is 0.350. The van der Waals surface area contributed by atoms with Crippen molar-refractivity contribution in [1.29, 1.82) is 0 Å². The molecule has 0 saturated carbocycles. The van der Waals surface area contributed by atoms with Crippen LogP contribution in [0.25, 0.3) is 0 Å². The first-order chi connectivity index (χ1) is 3.80. The third-order valence-electron chi connectivity index (χ3n) is 0.683. The van der Waals surface area contributed by atoms with Crippen LogP contribution in [0.3, 0.4) is 0 Å². The largest absolute Gasteiger partial charge is 0.358 e. The molecule has 1 heterocycles. The molecule has 1 rings (SSSR count). The molecule has 5 heteroatoms. The lowest BCUT2D eigenvalue weighted by molar-refractivity contribution is -0.389. The Hall–Kier alpha value is -1.39. The Morgan fingerprint density at radius 3 is 2.67 bits per heavy atom. The van der Waals surface area contributed by atoms with E-state index in [9.17, 15) is 10.1 Å². The number of rotatable bonds is 1. The molecule has 0 radical (unpaired) electrons. The molecule has 0 spiro atoms. The third kappa shape index (κ3) is 1.52. The standard InChI is InChI=1S/C3H3N3O2.CH4/c7-6(8)3-1-2-4-5-3;/h1-2H,(H,4,5);1H4. The lowest BCUT2D eigenvalue weighted by Gasteiger charge is -1.82. The van der Waals surface area contributed by atoms with Crippen LogP contribution in [0.4, 0.5) is 5.82 Å². The molecule has 0 aliphatic heterocycles. The molecule has 1 aromatic heterocycles. The smallest absolute Gasteiger partial charge is 0.342 e. The van der Waals surface area contributed by atoms with Crippen molar-refractivity contribution in [2.45, 2.75) is 7.43 Å². The van der Waals surface area contributed by atoms with Gasteiger partial charge in [-0.25, -0.2) is 0 Å². The van der Waals surface area contributed by atoms with Crippen molar-refractivity contribution in [3.8, 4) is 0 Å². The van der Waals surface area contributed by atoms with Crippen molar-refractivity contribution < 1.29 is 4.92 Å². The van der Waals surface area contributed by atoms with Crippen molar-refractivity contribution >= 4 is 5.82 Å². The van der Waals surface area contributed by atoms with E-state index < -0.39 is 4.92 Å². The normalized spacial score (nSPS) is 8.00. The fourth-order valence-corrected chi connectivity index (χ4v) is 0.350. The van der Waals surface area contributed by atoms with Crippen molar-refractivity contribution in [3.63, 3.8) is 0 Å². The lowest BCUT2D eigenvalue weighted by Crippen LogP contribution is -1.86. The molecule has 0 fully saturated rings. The number of aromatic nitrogens is 2. The highest BCUT2D eigenvalue weighted by Crippen LogP contribution is 2.00. The Labute approximate surface area is 51.9 Å². The quantitative estimate of drug-likeness (QED) is 0.453. The van der Waals surface area contributed by atoms with E-state index in [1.807, 2.05) is 0 Å². The van der Waals surface area contributed by atoms with Crippen LogP contribution in [-0.4, -0.2) is 15.1 Å². The highest BCUT2D eigenvalue weighted by molar-refractivity contribution is 5.12. The van der Waals surface area contributed by atoms with Crippen molar-refractivity contribution in [2.24, 2.45) is 0 Å². The summed E-state index contributed by atoms with van der Waals surface area (Å²) in [6.45, 7) is 0. The number of hydrogen-bond donors (Lipinski definition) is 1. The fraction of sp³-hybridized carbons (Fsp3) is 0.250. The molecular formula is C4H7N3O2. The van der Waals surface area contributed by atoms with Gasteiger partial charge in [0.25, 0.3) is 0 Å². The average molecular weight is 129 g/mol. The van der Waals surface area contributed by atoms with E-state index in [-0.39, 0.29) is 13.2 Å². The summed E-state index contributed by atoms with van der Waals surface area (Å²) in [5, 5.41) is 15.4. The molecular weight excluding hydrogens is 122 g/mol. The van der Waals surface area contributed by atoms with Gasteiger partial charge in [0.05, 0.1) is 12.3 Å². The molecule has 5 nitrogen and oxygen atoms in total. The van der Waals surface area contributed by atoms with E-state index in [0.717, 1.165) is 0 Å². The average Bonchev–Trinajstić information content (AvgIpc) is 2.12. The number of aromatic amines is 1. The highest BCUT2D eigenvalue weighted by Gasteiger charge is 1.99. The van der Waals surface area contributed by atoms with E-state index in [0.29, 0.717) is 0 Å². The molecule has 0 aliphatic rings. The zero-order valence-electron chi connectivity index (χ0n) is 3.87. The van der Waals surface area contributed by atoms with Gasteiger partial charge in [0.1, 0.15) is 0 Å². The second-order valence-corrected chi connectivity index (χ2v) is 1.20. The van der Waals surface area contributed by atoms with E-state index in [1.54, 1.807) is 0 Å². The summed E-state index contributed by atoms with van der Waals surface area (Å²) in [6, 6.07) is 1.29. The maximum atomic E-state index is 9.80. The van der Waals surface area contributed by atoms with Gasteiger partial charge in [0.2, 0.25) is 0 Å². The van der Waals surface area contributed by atoms with Crippen LogP contribution in [-0.2, 0) is 0 Å². The molecule has 9 heavy (non-hydrogen) atoms. The first kappa shape index (κ1) is 7.61. The third-order valence-corrected chi connectivity index (χ3v) is 0.683. The van der Waals surface area contributed by atoms with Crippen LogP contribution in [0.1, 0.15) is 7.43 Å². The van der Waals surface area contributed by atoms with Gasteiger partial charge in [-0.15, -0.1) is 5.10 Å². The molecule has 1 aromatic rings. The minimum absolute atomic E-state index is 0. The summed E-state index contributed by atoms with van der Waals surface area (Å²) in [6.07, 6.45) is 1.33. The number of nitrogens with zero attached hydrogens (tertiary/aromatic N) is 2. The Balaban J connectivity index is 0.000000640. The monoisotopic (exact) mass is 129 g/mol. The summed E-state index contributed by atoms with van der Waals surface area (Å²) in [5.74, 6) is -0.0787. The van der Waals surface area contributed by atoms with Crippen LogP contribution in [0, 0.1) is 10.1 Å². The van der Waals surface area contributed by atoms with Crippen LogP contribution in [0.5, 0.6) is 0 Å². The van der Waals surface area contributed by atoms with Gasteiger partial charge in [0, 0.05) is 0 Å². The molecule has 0 atom stereocenters. The summed E-state index contributed by atoms with van der Waals surface area (Å²) >= 11 is 0. The van der Waals surface area contributed by atoms with Gasteiger partial charge in [-0.1, -0.05) is 12.5 Å². The van der Waals surface area contributed by atoms with Gasteiger partial charge in [0.15, 0.2) is 0 Å². The SMILES string of the molecule is C.O=[N+]([O-])c1ccn[nH]1. The van der Waals surface area contributed by atoms with E-state index in [4.69, 9.17) is 0 Å². The summed E-state index contributed by atoms with van der Waals surface area (Å²) in [4.78, 5) is 9.26. The van der Waals surface area contributed by atoms with E-state index >= 15 is 0 Å². The van der Waals surface area contributed by atoms with Gasteiger partial charge in [-0.3, -0.25) is 0 Å². The van der Waals surface area contributed by atoms with Crippen molar-refractivity contribution in [2.75, 3.05) is 0 Å². The molecule has 0 bridgehead atoms. The summed E-state index contributed by atoms with van der Waals surface area (Å²) in [5.41, 5.74) is 0. The van der Waals surface area contributed by atoms with Crippen LogP contribution in [0.15, 0.2) is 12.3 Å². The molecule has 0 amide bonds. The Kier molecular flexibility index (Phi) is 2.37. The second-order valence-electron chi connectivity index (χ2n) is 1.20. The topological polar surface area (TPSA) is 71.8 Å². The first-order valence-electron chi connectivity index (χ1n) is 1.94. The Morgan fingerprint density at radius 2 is 2.44 bits per heavy atom. The molecule has 1 N–H and O–H groups in total. The maximum absolute atomic E-state index is 9.80. The minimum Gasteiger partial charge on any atom is -0.358 e.